The van der Waals surface area contributed by atoms with E-state index in [9.17, 15) is 0 Å². The second-order valence-electron chi connectivity index (χ2n) is 15.3. The molecule has 0 bridgehead atoms. The van der Waals surface area contributed by atoms with E-state index in [4.69, 9.17) is 0 Å². The summed E-state index contributed by atoms with van der Waals surface area (Å²) in [5, 5.41) is 5.03. The van der Waals surface area contributed by atoms with Crippen molar-refractivity contribution in [2.75, 3.05) is 4.90 Å². The largest absolute Gasteiger partial charge is 0.310 e. The summed E-state index contributed by atoms with van der Waals surface area (Å²) < 4.78 is 0. The zero-order chi connectivity index (χ0) is 38.5. The molecule has 0 radical (unpaired) electrons. The van der Waals surface area contributed by atoms with Gasteiger partial charge in [0.2, 0.25) is 0 Å². The number of benzene rings is 10. The molecule has 0 heterocycles. The minimum atomic E-state index is -0.473. The van der Waals surface area contributed by atoms with Gasteiger partial charge in [-0.3, -0.25) is 0 Å². The summed E-state index contributed by atoms with van der Waals surface area (Å²) >= 11 is 0. The number of hydrogen-bond donors (Lipinski definition) is 0. The number of hydrogen-bond acceptors (Lipinski definition) is 1. The molecule has 0 spiro atoms. The second-order valence-corrected chi connectivity index (χ2v) is 15.3. The highest BCUT2D eigenvalue weighted by Gasteiger charge is 2.46. The van der Waals surface area contributed by atoms with E-state index in [0.29, 0.717) is 0 Å². The van der Waals surface area contributed by atoms with Gasteiger partial charge in [-0.05, 0) is 126 Å². The topological polar surface area (TPSA) is 3.24 Å². The van der Waals surface area contributed by atoms with Crippen molar-refractivity contribution in [3.8, 4) is 33.4 Å². The fraction of sp³-hybridized carbons (Fsp3) is 0.0175. The first-order chi connectivity index (χ1) is 28.8. The van der Waals surface area contributed by atoms with E-state index in [1.54, 1.807) is 0 Å². The fourth-order valence-corrected chi connectivity index (χ4v) is 9.44. The quantitative estimate of drug-likeness (QED) is 0.147. The van der Waals surface area contributed by atoms with Gasteiger partial charge >= 0.3 is 0 Å². The van der Waals surface area contributed by atoms with Crippen molar-refractivity contribution in [2.24, 2.45) is 0 Å². The molecule has 10 aromatic carbocycles. The summed E-state index contributed by atoms with van der Waals surface area (Å²) in [5.74, 6) is 0. The van der Waals surface area contributed by atoms with E-state index in [0.717, 1.165) is 17.1 Å². The second kappa shape index (κ2) is 13.9. The highest BCUT2D eigenvalue weighted by molar-refractivity contribution is 6.10. The van der Waals surface area contributed by atoms with E-state index >= 15 is 0 Å². The number of fused-ring (bicyclic) bond motifs is 6. The summed E-state index contributed by atoms with van der Waals surface area (Å²) in [5.41, 5.74) is 15.4. The Bertz CT molecular complexity index is 3040. The molecule has 58 heavy (non-hydrogen) atoms. The predicted molar refractivity (Wildman–Crippen MR) is 244 cm³/mol. The van der Waals surface area contributed by atoms with E-state index in [-0.39, 0.29) is 0 Å². The minimum absolute atomic E-state index is 0.473. The number of para-hydroxylation sites is 1. The average molecular weight is 738 g/mol. The van der Waals surface area contributed by atoms with Gasteiger partial charge in [0.25, 0.3) is 0 Å². The first kappa shape index (κ1) is 33.8. The van der Waals surface area contributed by atoms with Crippen molar-refractivity contribution in [2.45, 2.75) is 5.41 Å². The molecule has 0 atom stereocenters. The normalized spacial score (nSPS) is 12.6. The Morgan fingerprint density at radius 2 is 0.707 bits per heavy atom. The molecule has 1 aliphatic rings. The van der Waals surface area contributed by atoms with Crippen molar-refractivity contribution in [3.05, 3.63) is 259 Å². The Morgan fingerprint density at radius 3 is 1.31 bits per heavy atom. The lowest BCUT2D eigenvalue weighted by Crippen LogP contribution is -2.28. The monoisotopic (exact) mass is 737 g/mol. The van der Waals surface area contributed by atoms with Gasteiger partial charge in [0.15, 0.2) is 0 Å². The standard InChI is InChI=1S/C57H39N/c1-5-15-40(16-6-1)44-29-27-42-25-26-43-28-30-45(38-54(43)53(42)37-44)41-31-33-49(34-32-41)58(48-21-11-4-12-22-48)50-35-36-52-51-23-13-14-24-55(51)57(56(52)39-50,46-17-7-2-8-18-46)47-19-9-3-10-20-47/h1-39H. The van der Waals surface area contributed by atoms with Gasteiger partial charge in [0.1, 0.15) is 0 Å². The molecule has 0 aromatic heterocycles. The van der Waals surface area contributed by atoms with Crippen LogP contribution >= 0.6 is 0 Å². The van der Waals surface area contributed by atoms with Crippen LogP contribution < -0.4 is 4.90 Å². The summed E-state index contributed by atoms with van der Waals surface area (Å²) in [6.45, 7) is 0. The molecule has 10 aromatic rings. The molecule has 0 aliphatic heterocycles. The first-order valence-corrected chi connectivity index (χ1v) is 20.1. The molecule has 0 saturated carbocycles. The van der Waals surface area contributed by atoms with Crippen molar-refractivity contribution >= 4 is 38.6 Å². The molecule has 1 nitrogen and oxygen atoms in total. The fourth-order valence-electron chi connectivity index (χ4n) is 9.44. The molecule has 0 unspecified atom stereocenters. The Labute approximate surface area is 339 Å². The van der Waals surface area contributed by atoms with Crippen LogP contribution in [0.15, 0.2) is 237 Å². The van der Waals surface area contributed by atoms with Gasteiger partial charge in [-0.15, -0.1) is 0 Å². The summed E-state index contributed by atoms with van der Waals surface area (Å²) in [6.07, 6.45) is 0. The summed E-state index contributed by atoms with van der Waals surface area (Å²) in [4.78, 5) is 2.40. The van der Waals surface area contributed by atoms with E-state index < -0.39 is 5.41 Å². The number of rotatable bonds is 7. The zero-order valence-electron chi connectivity index (χ0n) is 32.0. The van der Waals surface area contributed by atoms with Crippen LogP contribution in [0.2, 0.25) is 0 Å². The van der Waals surface area contributed by atoms with Crippen LogP contribution in [0.5, 0.6) is 0 Å². The Hall–Kier alpha value is -7.48. The van der Waals surface area contributed by atoms with Crippen LogP contribution in [-0.4, -0.2) is 0 Å². The maximum atomic E-state index is 2.44. The van der Waals surface area contributed by atoms with Gasteiger partial charge in [-0.1, -0.05) is 188 Å². The molecule has 1 heteroatoms. The van der Waals surface area contributed by atoms with Gasteiger partial charge < -0.3 is 4.90 Å². The van der Waals surface area contributed by atoms with Crippen LogP contribution in [0.4, 0.5) is 17.1 Å². The van der Waals surface area contributed by atoms with E-state index in [2.05, 4.69) is 241 Å². The van der Waals surface area contributed by atoms with Crippen LogP contribution in [0.25, 0.3) is 54.9 Å². The molecular formula is C57H39N. The molecule has 0 saturated heterocycles. The molecule has 272 valence electrons. The van der Waals surface area contributed by atoms with Crippen molar-refractivity contribution < 1.29 is 0 Å². The van der Waals surface area contributed by atoms with Gasteiger partial charge in [0.05, 0.1) is 5.41 Å². The predicted octanol–water partition coefficient (Wildman–Crippen LogP) is 15.2. The first-order valence-electron chi connectivity index (χ1n) is 20.1. The van der Waals surface area contributed by atoms with Crippen molar-refractivity contribution in [3.63, 3.8) is 0 Å². The van der Waals surface area contributed by atoms with E-state index in [1.165, 1.54) is 77.2 Å². The lowest BCUT2D eigenvalue weighted by molar-refractivity contribution is 0.768. The maximum absolute atomic E-state index is 2.44. The van der Waals surface area contributed by atoms with E-state index in [1.807, 2.05) is 0 Å². The van der Waals surface area contributed by atoms with Gasteiger partial charge in [-0.2, -0.15) is 0 Å². The third kappa shape index (κ3) is 5.47. The lowest BCUT2D eigenvalue weighted by Gasteiger charge is -2.35. The molecule has 0 amide bonds. The SMILES string of the molecule is c1ccc(-c2ccc3ccc4ccc(-c5ccc(N(c6ccccc6)c6ccc7c(c6)C(c6ccccc6)(c6ccccc6)c6ccccc6-7)cc5)cc4c3c2)cc1. The third-order valence-electron chi connectivity index (χ3n) is 12.1. The molecule has 0 N–H and O–H groups in total. The highest BCUT2D eigenvalue weighted by atomic mass is 15.1. The van der Waals surface area contributed by atoms with Crippen LogP contribution in [0.3, 0.4) is 0 Å². The molecular weight excluding hydrogens is 699 g/mol. The third-order valence-corrected chi connectivity index (χ3v) is 12.1. The lowest BCUT2D eigenvalue weighted by atomic mass is 9.67. The van der Waals surface area contributed by atoms with Crippen molar-refractivity contribution in [1.29, 1.82) is 0 Å². The Morgan fingerprint density at radius 1 is 0.276 bits per heavy atom. The smallest absolute Gasteiger partial charge is 0.0714 e. The number of anilines is 3. The van der Waals surface area contributed by atoms with Gasteiger partial charge in [-0.25, -0.2) is 0 Å². The Balaban J connectivity index is 1.04. The molecule has 0 fully saturated rings. The van der Waals surface area contributed by atoms with Crippen LogP contribution in [-0.2, 0) is 5.41 Å². The molecule has 11 rings (SSSR count). The highest BCUT2D eigenvalue weighted by Crippen LogP contribution is 2.57. The maximum Gasteiger partial charge on any atom is 0.0714 e. The summed E-state index contributed by atoms with van der Waals surface area (Å²) in [6, 6.07) is 86.7. The van der Waals surface area contributed by atoms with Crippen molar-refractivity contribution in [1.82, 2.24) is 0 Å². The van der Waals surface area contributed by atoms with Crippen LogP contribution in [0, 0.1) is 0 Å². The minimum Gasteiger partial charge on any atom is -0.310 e. The zero-order valence-corrected chi connectivity index (χ0v) is 32.0. The summed E-state index contributed by atoms with van der Waals surface area (Å²) in [7, 11) is 0. The van der Waals surface area contributed by atoms with Gasteiger partial charge in [0, 0.05) is 17.1 Å². The average Bonchev–Trinajstić information content (AvgIpc) is 3.60. The molecule has 1 aliphatic carbocycles. The Kier molecular flexibility index (Phi) is 8.12. The van der Waals surface area contributed by atoms with Crippen LogP contribution in [0.1, 0.15) is 22.3 Å². The number of nitrogens with zero attached hydrogens (tertiary/aromatic N) is 1.